The summed E-state index contributed by atoms with van der Waals surface area (Å²) in [6.45, 7) is 8.07. The van der Waals surface area contributed by atoms with E-state index in [2.05, 4.69) is 32.6 Å². The molecule has 4 aromatic rings. The second kappa shape index (κ2) is 11.3. The van der Waals surface area contributed by atoms with Gasteiger partial charge < -0.3 is 9.47 Å². The van der Waals surface area contributed by atoms with Crippen molar-refractivity contribution in [2.24, 2.45) is 5.10 Å². The summed E-state index contributed by atoms with van der Waals surface area (Å²) in [6.07, 6.45) is 3.87. The Bertz CT molecular complexity index is 1510. The molecule has 0 radical (unpaired) electrons. The number of fused-ring (bicyclic) bond motifs is 1. The lowest BCUT2D eigenvalue weighted by atomic mass is 10.1. The van der Waals surface area contributed by atoms with Crippen LogP contribution in [-0.2, 0) is 13.0 Å². The van der Waals surface area contributed by atoms with E-state index in [1.807, 2.05) is 19.1 Å². The van der Waals surface area contributed by atoms with Gasteiger partial charge in [-0.3, -0.25) is 4.79 Å². The molecule has 8 heteroatoms. The number of allylic oxidation sites excluding steroid dienone is 1. The van der Waals surface area contributed by atoms with E-state index < -0.39 is 0 Å². The lowest BCUT2D eigenvalue weighted by Crippen LogP contribution is -2.20. The number of hydrogen-bond donors (Lipinski definition) is 0. The van der Waals surface area contributed by atoms with Crippen molar-refractivity contribution in [3.8, 4) is 11.5 Å². The van der Waals surface area contributed by atoms with Gasteiger partial charge in [-0.25, -0.2) is 9.37 Å². The first-order valence-corrected chi connectivity index (χ1v) is 12.2. The molecule has 3 aromatic carbocycles. The quantitative estimate of drug-likeness (QED) is 0.184. The van der Waals surface area contributed by atoms with Crippen molar-refractivity contribution in [3.63, 3.8) is 0 Å². The van der Waals surface area contributed by atoms with Gasteiger partial charge in [-0.15, -0.1) is 6.58 Å². The van der Waals surface area contributed by atoms with E-state index in [4.69, 9.17) is 9.47 Å². The van der Waals surface area contributed by atoms with Crippen LogP contribution in [0.15, 0.2) is 81.6 Å². The van der Waals surface area contributed by atoms with E-state index in [0.29, 0.717) is 52.4 Å². The van der Waals surface area contributed by atoms with Crippen LogP contribution in [0.5, 0.6) is 11.5 Å². The van der Waals surface area contributed by atoms with Crippen molar-refractivity contribution >= 4 is 33.0 Å². The molecule has 0 amide bonds. The summed E-state index contributed by atoms with van der Waals surface area (Å²) in [7, 11) is 0. The summed E-state index contributed by atoms with van der Waals surface area (Å²) in [5, 5.41) is 4.90. The fourth-order valence-electron chi connectivity index (χ4n) is 3.79. The van der Waals surface area contributed by atoms with E-state index in [9.17, 15) is 9.18 Å². The zero-order chi connectivity index (χ0) is 25.7. The summed E-state index contributed by atoms with van der Waals surface area (Å²) in [6, 6.07) is 15.3. The molecule has 0 aliphatic carbocycles. The van der Waals surface area contributed by atoms with E-state index in [1.165, 1.54) is 16.8 Å². The minimum atomic E-state index is -0.319. The molecular weight excluding hydrogens is 525 g/mol. The standard InChI is InChI=1S/C28H25BrFN3O3/c1-4-7-21-12-20(14-26(35-5-2)27(21)36-17-19-8-6-9-23(30)13-19)16-31-33-18(3)32-25-11-10-22(29)15-24(25)28(33)34/h4,6,8-16H,1,5,7,17H2,2-3H3. The van der Waals surface area contributed by atoms with Crippen LogP contribution in [0.25, 0.3) is 10.9 Å². The molecule has 0 atom stereocenters. The number of aromatic nitrogens is 2. The van der Waals surface area contributed by atoms with Crippen molar-refractivity contribution in [2.45, 2.75) is 26.9 Å². The number of nitrogens with zero attached hydrogens (tertiary/aromatic N) is 3. The highest BCUT2D eigenvalue weighted by Gasteiger charge is 2.14. The number of ether oxygens (including phenoxy) is 2. The molecule has 1 aromatic heterocycles. The number of hydrogen-bond acceptors (Lipinski definition) is 5. The van der Waals surface area contributed by atoms with Crippen LogP contribution in [0.4, 0.5) is 4.39 Å². The Morgan fingerprint density at radius 2 is 2.00 bits per heavy atom. The number of aryl methyl sites for hydroxylation is 1. The molecule has 0 aliphatic rings. The van der Waals surface area contributed by atoms with Crippen LogP contribution in [-0.4, -0.2) is 22.5 Å². The van der Waals surface area contributed by atoms with Gasteiger partial charge in [0.25, 0.3) is 5.56 Å². The van der Waals surface area contributed by atoms with Gasteiger partial charge in [-0.05, 0) is 73.9 Å². The molecule has 0 fully saturated rings. The second-order valence-corrected chi connectivity index (χ2v) is 8.95. The largest absolute Gasteiger partial charge is 0.490 e. The monoisotopic (exact) mass is 549 g/mol. The Hall–Kier alpha value is -3.78. The van der Waals surface area contributed by atoms with Crippen molar-refractivity contribution in [2.75, 3.05) is 6.61 Å². The molecule has 6 nitrogen and oxygen atoms in total. The molecule has 0 saturated heterocycles. The first-order valence-electron chi connectivity index (χ1n) is 11.4. The highest BCUT2D eigenvalue weighted by Crippen LogP contribution is 2.34. The lowest BCUT2D eigenvalue weighted by Gasteiger charge is -2.17. The smallest absolute Gasteiger partial charge is 0.282 e. The van der Waals surface area contributed by atoms with Crippen molar-refractivity contribution < 1.29 is 13.9 Å². The van der Waals surface area contributed by atoms with Gasteiger partial charge in [0.1, 0.15) is 18.2 Å². The maximum Gasteiger partial charge on any atom is 0.282 e. The summed E-state index contributed by atoms with van der Waals surface area (Å²) in [4.78, 5) is 17.6. The zero-order valence-corrected chi connectivity index (χ0v) is 21.6. The molecular formula is C28H25BrFN3O3. The van der Waals surface area contributed by atoms with Crippen LogP contribution < -0.4 is 15.0 Å². The van der Waals surface area contributed by atoms with E-state index in [0.717, 1.165) is 10.0 Å². The Morgan fingerprint density at radius 3 is 2.75 bits per heavy atom. The lowest BCUT2D eigenvalue weighted by molar-refractivity contribution is 0.267. The predicted octanol–water partition coefficient (Wildman–Crippen LogP) is 6.19. The third-order valence-electron chi connectivity index (χ3n) is 5.38. The third kappa shape index (κ3) is 5.71. The van der Waals surface area contributed by atoms with Crippen molar-refractivity contribution in [1.29, 1.82) is 0 Å². The SMILES string of the molecule is C=CCc1cc(C=Nn2c(C)nc3ccc(Br)cc3c2=O)cc(OCC)c1OCc1cccc(F)c1. The Labute approximate surface area is 216 Å². The van der Waals surface area contributed by atoms with Gasteiger partial charge >= 0.3 is 0 Å². The molecule has 36 heavy (non-hydrogen) atoms. The maximum atomic E-state index is 13.6. The molecule has 0 bridgehead atoms. The van der Waals surface area contributed by atoms with Crippen LogP contribution in [0.2, 0.25) is 0 Å². The summed E-state index contributed by atoms with van der Waals surface area (Å²) >= 11 is 3.40. The zero-order valence-electron chi connectivity index (χ0n) is 20.0. The molecule has 0 aliphatic heterocycles. The summed E-state index contributed by atoms with van der Waals surface area (Å²) in [5.74, 6) is 1.24. The van der Waals surface area contributed by atoms with Crippen molar-refractivity contribution in [3.05, 3.63) is 110 Å². The maximum absolute atomic E-state index is 13.6. The molecule has 0 N–H and O–H groups in total. The molecule has 184 valence electrons. The van der Waals surface area contributed by atoms with Gasteiger partial charge in [-0.1, -0.05) is 34.1 Å². The molecule has 1 heterocycles. The van der Waals surface area contributed by atoms with Crippen LogP contribution in [0, 0.1) is 12.7 Å². The van der Waals surface area contributed by atoms with Crippen molar-refractivity contribution in [1.82, 2.24) is 9.66 Å². The fourth-order valence-corrected chi connectivity index (χ4v) is 4.16. The highest BCUT2D eigenvalue weighted by molar-refractivity contribution is 9.10. The van der Waals surface area contributed by atoms with Crippen LogP contribution in [0.3, 0.4) is 0 Å². The summed E-state index contributed by atoms with van der Waals surface area (Å²) in [5.41, 5.74) is 2.60. The van der Waals surface area contributed by atoms with Gasteiger partial charge in [0.05, 0.1) is 23.7 Å². The molecule has 0 saturated carbocycles. The Kier molecular flexibility index (Phi) is 7.95. The Morgan fingerprint density at radius 1 is 1.17 bits per heavy atom. The minimum absolute atomic E-state index is 0.183. The predicted molar refractivity (Wildman–Crippen MR) is 144 cm³/mol. The number of halogens is 2. The average molecular weight is 550 g/mol. The Balaban J connectivity index is 1.71. The number of benzene rings is 3. The summed E-state index contributed by atoms with van der Waals surface area (Å²) < 4.78 is 27.6. The molecule has 4 rings (SSSR count). The molecule has 0 spiro atoms. The number of rotatable bonds is 9. The molecule has 0 unspecified atom stereocenters. The first-order chi connectivity index (χ1) is 17.4. The van der Waals surface area contributed by atoms with Crippen LogP contribution >= 0.6 is 15.9 Å². The van der Waals surface area contributed by atoms with E-state index in [1.54, 1.807) is 49.5 Å². The highest BCUT2D eigenvalue weighted by atomic mass is 79.9. The fraction of sp³-hybridized carbons (Fsp3) is 0.179. The second-order valence-electron chi connectivity index (χ2n) is 8.03. The van der Waals surface area contributed by atoms with Crippen LogP contribution in [0.1, 0.15) is 29.4 Å². The van der Waals surface area contributed by atoms with Gasteiger partial charge in [0, 0.05) is 10.0 Å². The third-order valence-corrected chi connectivity index (χ3v) is 5.88. The van der Waals surface area contributed by atoms with E-state index >= 15 is 0 Å². The minimum Gasteiger partial charge on any atom is -0.490 e. The van der Waals surface area contributed by atoms with Gasteiger partial charge in [0.15, 0.2) is 11.5 Å². The van der Waals surface area contributed by atoms with E-state index in [-0.39, 0.29) is 18.0 Å². The normalized spacial score (nSPS) is 11.2. The van der Waals surface area contributed by atoms with Gasteiger partial charge in [-0.2, -0.15) is 9.78 Å². The first kappa shape index (κ1) is 25.3. The topological polar surface area (TPSA) is 65.7 Å². The van der Waals surface area contributed by atoms with Gasteiger partial charge in [0.2, 0.25) is 0 Å². The average Bonchev–Trinajstić information content (AvgIpc) is 2.84.